The number of piperidine rings is 1. The van der Waals surface area contributed by atoms with Crippen molar-refractivity contribution in [2.75, 3.05) is 18.4 Å². The summed E-state index contributed by atoms with van der Waals surface area (Å²) >= 11 is 0. The zero-order valence-electron chi connectivity index (χ0n) is 16.5. The van der Waals surface area contributed by atoms with Crippen LogP contribution < -0.4 is 5.32 Å². The molecule has 0 aromatic heterocycles. The quantitative estimate of drug-likeness (QED) is 0.873. The highest BCUT2D eigenvalue weighted by Crippen LogP contribution is 2.24. The van der Waals surface area contributed by atoms with Gasteiger partial charge in [0.15, 0.2) is 0 Å². The molecule has 2 heterocycles. The third-order valence-electron chi connectivity index (χ3n) is 5.65. The van der Waals surface area contributed by atoms with E-state index >= 15 is 0 Å². The highest BCUT2D eigenvalue weighted by Gasteiger charge is 2.22. The molecule has 2 aliphatic heterocycles. The topological polar surface area (TPSA) is 58.6 Å². The summed E-state index contributed by atoms with van der Waals surface area (Å²) in [6, 6.07) is 11.2. The number of anilines is 1. The standard InChI is InChI=1S/C23H26N2O3/c1-15-4-3-9-25(12-15)23(27)18-7-8-21(16(2)10-18)24-22(26)17-5-6-19-13-28-14-20(19)11-17/h5-8,10-11,15H,3-4,9,12-14H2,1-2H3,(H,24,26)/t15-/m0/s1. The summed E-state index contributed by atoms with van der Waals surface area (Å²) in [6.45, 7) is 6.92. The van der Waals surface area contributed by atoms with Crippen molar-refractivity contribution >= 4 is 17.5 Å². The second-order valence-electron chi connectivity index (χ2n) is 7.96. The molecule has 2 aromatic rings. The molecule has 0 spiro atoms. The van der Waals surface area contributed by atoms with Crippen LogP contribution >= 0.6 is 0 Å². The maximum absolute atomic E-state index is 12.8. The van der Waals surface area contributed by atoms with E-state index in [1.54, 1.807) is 6.07 Å². The molecule has 146 valence electrons. The number of nitrogens with one attached hydrogen (secondary N) is 1. The maximum Gasteiger partial charge on any atom is 0.255 e. The van der Waals surface area contributed by atoms with Crippen LogP contribution in [0.25, 0.3) is 0 Å². The van der Waals surface area contributed by atoms with Crippen molar-refractivity contribution < 1.29 is 14.3 Å². The van der Waals surface area contributed by atoms with Crippen LogP contribution in [0.2, 0.25) is 0 Å². The highest BCUT2D eigenvalue weighted by molar-refractivity contribution is 6.05. The lowest BCUT2D eigenvalue weighted by molar-refractivity contribution is 0.0683. The minimum absolute atomic E-state index is 0.0751. The van der Waals surface area contributed by atoms with Gasteiger partial charge in [0.2, 0.25) is 0 Å². The number of hydrogen-bond donors (Lipinski definition) is 1. The summed E-state index contributed by atoms with van der Waals surface area (Å²) in [7, 11) is 0. The molecule has 0 aliphatic carbocycles. The van der Waals surface area contributed by atoms with E-state index in [0.717, 1.165) is 41.9 Å². The van der Waals surface area contributed by atoms with Gasteiger partial charge in [0.1, 0.15) is 0 Å². The van der Waals surface area contributed by atoms with Gasteiger partial charge < -0.3 is 15.0 Å². The Morgan fingerprint density at radius 1 is 1.07 bits per heavy atom. The molecule has 0 saturated carbocycles. The van der Waals surface area contributed by atoms with E-state index in [0.29, 0.717) is 30.3 Å². The van der Waals surface area contributed by atoms with Crippen LogP contribution in [0.3, 0.4) is 0 Å². The van der Waals surface area contributed by atoms with E-state index in [4.69, 9.17) is 4.74 Å². The van der Waals surface area contributed by atoms with E-state index in [-0.39, 0.29) is 11.8 Å². The molecule has 5 heteroatoms. The highest BCUT2D eigenvalue weighted by atomic mass is 16.5. The van der Waals surface area contributed by atoms with Crippen molar-refractivity contribution in [3.8, 4) is 0 Å². The lowest BCUT2D eigenvalue weighted by Crippen LogP contribution is -2.39. The molecular weight excluding hydrogens is 352 g/mol. The fourth-order valence-electron chi connectivity index (χ4n) is 4.00. The molecule has 1 atom stereocenters. The summed E-state index contributed by atoms with van der Waals surface area (Å²) in [6.07, 6.45) is 2.24. The lowest BCUT2D eigenvalue weighted by Gasteiger charge is -2.31. The molecule has 2 amide bonds. The summed E-state index contributed by atoms with van der Waals surface area (Å²) in [5, 5.41) is 2.97. The minimum atomic E-state index is -0.151. The minimum Gasteiger partial charge on any atom is -0.372 e. The average molecular weight is 378 g/mol. The van der Waals surface area contributed by atoms with Gasteiger partial charge in [-0.3, -0.25) is 9.59 Å². The predicted molar refractivity (Wildman–Crippen MR) is 108 cm³/mol. The number of hydrogen-bond acceptors (Lipinski definition) is 3. The Bertz CT molecular complexity index is 922. The second-order valence-corrected chi connectivity index (χ2v) is 7.96. The van der Waals surface area contributed by atoms with Crippen molar-refractivity contribution in [3.05, 3.63) is 64.2 Å². The average Bonchev–Trinajstić information content (AvgIpc) is 3.16. The lowest BCUT2D eigenvalue weighted by atomic mass is 9.99. The number of benzene rings is 2. The van der Waals surface area contributed by atoms with E-state index in [1.165, 1.54) is 6.42 Å². The number of likely N-dealkylation sites (tertiary alicyclic amines) is 1. The Labute approximate surface area is 165 Å². The predicted octanol–water partition coefficient (Wildman–Crippen LogP) is 4.15. The van der Waals surface area contributed by atoms with Gasteiger partial charge in [-0.1, -0.05) is 13.0 Å². The number of nitrogens with zero attached hydrogens (tertiary/aromatic N) is 1. The molecule has 0 bridgehead atoms. The SMILES string of the molecule is Cc1cc(C(=O)N2CCC[C@H](C)C2)ccc1NC(=O)c1ccc2c(c1)COC2. The van der Waals surface area contributed by atoms with E-state index in [9.17, 15) is 9.59 Å². The first-order valence-corrected chi connectivity index (χ1v) is 9.92. The molecule has 4 rings (SSSR count). The smallest absolute Gasteiger partial charge is 0.255 e. The molecular formula is C23H26N2O3. The first kappa shape index (κ1) is 18.7. The Hall–Kier alpha value is -2.66. The summed E-state index contributed by atoms with van der Waals surface area (Å²) in [5.41, 5.74) is 5.12. The zero-order valence-corrected chi connectivity index (χ0v) is 16.5. The summed E-state index contributed by atoms with van der Waals surface area (Å²) in [4.78, 5) is 27.4. The van der Waals surface area contributed by atoms with E-state index in [1.807, 2.05) is 42.2 Å². The van der Waals surface area contributed by atoms with Crippen LogP contribution in [0.5, 0.6) is 0 Å². The largest absolute Gasteiger partial charge is 0.372 e. The Kier molecular flexibility index (Phi) is 5.18. The molecule has 5 nitrogen and oxygen atoms in total. The van der Waals surface area contributed by atoms with Crippen molar-refractivity contribution in [2.45, 2.75) is 39.9 Å². The number of rotatable bonds is 3. The molecule has 0 radical (unpaired) electrons. The van der Waals surface area contributed by atoms with Gasteiger partial charge in [-0.25, -0.2) is 0 Å². The fraction of sp³-hybridized carbons (Fsp3) is 0.391. The maximum atomic E-state index is 12.8. The third-order valence-corrected chi connectivity index (χ3v) is 5.65. The van der Waals surface area contributed by atoms with Crippen LogP contribution in [0.15, 0.2) is 36.4 Å². The number of ether oxygens (including phenoxy) is 1. The van der Waals surface area contributed by atoms with Crippen molar-refractivity contribution in [1.29, 1.82) is 0 Å². The van der Waals surface area contributed by atoms with Gasteiger partial charge in [0.05, 0.1) is 13.2 Å². The van der Waals surface area contributed by atoms with Crippen LogP contribution in [0.4, 0.5) is 5.69 Å². The van der Waals surface area contributed by atoms with Crippen LogP contribution in [0, 0.1) is 12.8 Å². The normalized spacial score (nSPS) is 18.6. The van der Waals surface area contributed by atoms with Crippen LogP contribution in [-0.4, -0.2) is 29.8 Å². The Balaban J connectivity index is 1.47. The first-order chi connectivity index (χ1) is 13.5. The fourth-order valence-corrected chi connectivity index (χ4v) is 4.00. The number of carbonyl (C=O) groups excluding carboxylic acids is 2. The van der Waals surface area contributed by atoms with Crippen molar-refractivity contribution in [3.63, 3.8) is 0 Å². The van der Waals surface area contributed by atoms with Gasteiger partial charge in [-0.2, -0.15) is 0 Å². The number of fused-ring (bicyclic) bond motifs is 1. The zero-order chi connectivity index (χ0) is 19.7. The van der Waals surface area contributed by atoms with Crippen LogP contribution in [0.1, 0.15) is 57.2 Å². The molecule has 2 aromatic carbocycles. The van der Waals surface area contributed by atoms with Gasteiger partial charge in [-0.15, -0.1) is 0 Å². The summed E-state index contributed by atoms with van der Waals surface area (Å²) < 4.78 is 5.41. The van der Waals surface area contributed by atoms with Crippen molar-refractivity contribution in [2.24, 2.45) is 5.92 Å². The number of aryl methyl sites for hydroxylation is 1. The third kappa shape index (κ3) is 3.80. The molecule has 2 aliphatic rings. The van der Waals surface area contributed by atoms with Gasteiger partial charge in [0, 0.05) is 29.9 Å². The molecule has 1 N–H and O–H groups in total. The van der Waals surface area contributed by atoms with Gasteiger partial charge in [-0.05, 0) is 72.7 Å². The number of amides is 2. The molecule has 1 fully saturated rings. The molecule has 0 unspecified atom stereocenters. The molecule has 1 saturated heterocycles. The van der Waals surface area contributed by atoms with Crippen LogP contribution in [-0.2, 0) is 18.0 Å². The van der Waals surface area contributed by atoms with E-state index < -0.39 is 0 Å². The first-order valence-electron chi connectivity index (χ1n) is 9.92. The van der Waals surface area contributed by atoms with E-state index in [2.05, 4.69) is 12.2 Å². The Morgan fingerprint density at radius 3 is 2.64 bits per heavy atom. The monoisotopic (exact) mass is 378 g/mol. The summed E-state index contributed by atoms with van der Waals surface area (Å²) in [5.74, 6) is 0.475. The van der Waals surface area contributed by atoms with Crippen molar-refractivity contribution in [1.82, 2.24) is 4.90 Å². The molecule has 28 heavy (non-hydrogen) atoms. The second kappa shape index (κ2) is 7.76. The van der Waals surface area contributed by atoms with Gasteiger partial charge >= 0.3 is 0 Å². The van der Waals surface area contributed by atoms with Gasteiger partial charge in [0.25, 0.3) is 11.8 Å². The Morgan fingerprint density at radius 2 is 1.86 bits per heavy atom. The number of carbonyl (C=O) groups is 2.